The number of hydrogen-bond acceptors (Lipinski definition) is 9. The first kappa shape index (κ1) is 49.6. The summed E-state index contributed by atoms with van der Waals surface area (Å²) < 4.78 is 86.7. The fraction of sp³-hybridized carbons (Fsp3) is 1.00. The Bertz CT molecular complexity index is 863. The molecule has 0 aliphatic heterocycles. The molecule has 2 N–H and O–H groups in total. The third-order valence-electron chi connectivity index (χ3n) is 8.72. The molecule has 0 aliphatic carbocycles. The van der Waals surface area contributed by atoms with Crippen LogP contribution in [0.2, 0.25) is 0 Å². The van der Waals surface area contributed by atoms with Gasteiger partial charge in [0.05, 0.1) is 36.9 Å². The highest BCUT2D eigenvalue weighted by atomic mass is 32.2. The van der Waals surface area contributed by atoms with Gasteiger partial charge in [0.1, 0.15) is 0 Å². The fourth-order valence-corrected chi connectivity index (χ4v) is 6.84. The Morgan fingerprint density at radius 2 is 0.760 bits per heavy atom. The summed E-state index contributed by atoms with van der Waals surface area (Å²) in [5.41, 5.74) is 0. The first-order chi connectivity index (χ1) is 24.0. The lowest BCUT2D eigenvalue weighted by Crippen LogP contribution is -2.41. The molecule has 0 aromatic rings. The van der Waals surface area contributed by atoms with Gasteiger partial charge in [-0.2, -0.15) is 16.8 Å². The molecule has 0 bridgehead atoms. The molecule has 13 heteroatoms. The predicted molar refractivity (Wildman–Crippen MR) is 204 cm³/mol. The zero-order valence-corrected chi connectivity index (χ0v) is 33.8. The van der Waals surface area contributed by atoms with Crippen molar-refractivity contribution >= 4 is 20.2 Å². The number of nitrogens with zero attached hydrogens (tertiary/aromatic N) is 1. The van der Waals surface area contributed by atoms with Gasteiger partial charge in [0.25, 0.3) is 20.2 Å². The van der Waals surface area contributed by atoms with E-state index in [9.17, 15) is 16.8 Å². The van der Waals surface area contributed by atoms with Gasteiger partial charge in [0.2, 0.25) is 0 Å². The lowest BCUT2D eigenvalue weighted by molar-refractivity contribution is -0.0527. The molecule has 11 nitrogen and oxygen atoms in total. The molecule has 2 atom stereocenters. The van der Waals surface area contributed by atoms with E-state index in [4.69, 9.17) is 28.1 Å². The Morgan fingerprint density at radius 3 is 1.06 bits per heavy atom. The van der Waals surface area contributed by atoms with Crippen molar-refractivity contribution in [2.45, 2.75) is 167 Å². The SMILES string of the molecule is CCCCCCCCCCCCOCC(CN(C)CC(COCCCCCCCCCCCC)OCCCS(=O)(=O)O)OCCCS(=O)(=O)O. The summed E-state index contributed by atoms with van der Waals surface area (Å²) in [6.07, 6.45) is 24.7. The van der Waals surface area contributed by atoms with Crippen molar-refractivity contribution < 1.29 is 44.9 Å². The zero-order valence-electron chi connectivity index (χ0n) is 32.2. The van der Waals surface area contributed by atoms with Crippen LogP contribution in [0.1, 0.15) is 155 Å². The number of likely N-dealkylation sites (N-methyl/N-ethyl adjacent to an activating group) is 1. The molecular weight excluding hydrogens is 683 g/mol. The molecule has 0 saturated heterocycles. The average Bonchev–Trinajstić information content (AvgIpc) is 3.04. The Balaban J connectivity index is 4.70. The highest BCUT2D eigenvalue weighted by molar-refractivity contribution is 7.86. The molecular formula is C37H77NO10S2. The maximum absolute atomic E-state index is 11.2. The van der Waals surface area contributed by atoms with Crippen LogP contribution in [0.15, 0.2) is 0 Å². The first-order valence-electron chi connectivity index (χ1n) is 19.9. The summed E-state index contributed by atoms with van der Waals surface area (Å²) in [5.74, 6) is -0.713. The monoisotopic (exact) mass is 759 g/mol. The standard InChI is InChI=1S/C37H77NO10S2/c1-4-6-8-10-12-14-16-18-20-22-26-45-34-36(47-28-24-30-49(39,40)41)32-38(3)33-37(48-29-25-31-50(42,43)44)35-46-27-23-21-19-17-15-13-11-9-7-5-2/h36-37H,4-35H2,1-3H3,(H,39,40,41)(H,42,43,44). The fourth-order valence-electron chi connectivity index (χ4n) is 5.87. The van der Waals surface area contributed by atoms with Crippen molar-refractivity contribution in [3.63, 3.8) is 0 Å². The zero-order chi connectivity index (χ0) is 37.2. The van der Waals surface area contributed by atoms with Crippen molar-refractivity contribution in [1.82, 2.24) is 4.90 Å². The summed E-state index contributed by atoms with van der Waals surface area (Å²) in [7, 11) is -6.16. The Morgan fingerprint density at radius 1 is 0.460 bits per heavy atom. The van der Waals surface area contributed by atoms with Crippen LogP contribution in [0, 0.1) is 0 Å². The number of unbranched alkanes of at least 4 members (excludes halogenated alkanes) is 18. The van der Waals surface area contributed by atoms with Crippen LogP contribution in [-0.4, -0.2) is 114 Å². The predicted octanol–water partition coefficient (Wildman–Crippen LogP) is 8.12. The number of hydrogen-bond donors (Lipinski definition) is 2. The third kappa shape index (κ3) is 38.8. The normalized spacial score (nSPS) is 13.7. The third-order valence-corrected chi connectivity index (χ3v) is 10.3. The maximum Gasteiger partial charge on any atom is 0.264 e. The van der Waals surface area contributed by atoms with Crippen molar-refractivity contribution in [1.29, 1.82) is 0 Å². The van der Waals surface area contributed by atoms with Crippen molar-refractivity contribution in [3.05, 3.63) is 0 Å². The van der Waals surface area contributed by atoms with E-state index in [1.54, 1.807) is 0 Å². The second kappa shape index (κ2) is 34.4. The van der Waals surface area contributed by atoms with Crippen molar-refractivity contribution in [2.75, 3.05) is 71.3 Å². The van der Waals surface area contributed by atoms with E-state index in [1.165, 1.54) is 103 Å². The molecule has 0 radical (unpaired) electrons. The summed E-state index contributed by atoms with van der Waals surface area (Å²) in [6, 6.07) is 0. The van der Waals surface area contributed by atoms with Crippen LogP contribution < -0.4 is 0 Å². The molecule has 50 heavy (non-hydrogen) atoms. The summed E-state index contributed by atoms with van der Waals surface area (Å²) >= 11 is 0. The van der Waals surface area contributed by atoms with Crippen LogP contribution in [0.4, 0.5) is 0 Å². The van der Waals surface area contributed by atoms with E-state index in [-0.39, 0.29) is 49.8 Å². The minimum atomic E-state index is -4.05. The molecule has 0 fully saturated rings. The van der Waals surface area contributed by atoms with Crippen LogP contribution >= 0.6 is 0 Å². The van der Waals surface area contributed by atoms with Gasteiger partial charge in [-0.05, 0) is 32.7 Å². The highest BCUT2D eigenvalue weighted by Crippen LogP contribution is 2.12. The molecule has 0 amide bonds. The van der Waals surface area contributed by atoms with E-state index in [0.29, 0.717) is 39.5 Å². The highest BCUT2D eigenvalue weighted by Gasteiger charge is 2.19. The van der Waals surface area contributed by atoms with Gasteiger partial charge in [-0.15, -0.1) is 0 Å². The molecule has 0 rings (SSSR count). The molecule has 0 aromatic carbocycles. The Labute approximate surface area is 307 Å². The minimum absolute atomic E-state index is 0.178. The molecule has 0 saturated carbocycles. The number of rotatable bonds is 40. The summed E-state index contributed by atoms with van der Waals surface area (Å²) in [6.45, 7) is 7.85. The maximum atomic E-state index is 11.2. The molecule has 0 heterocycles. The lowest BCUT2D eigenvalue weighted by atomic mass is 10.1. The number of ether oxygens (including phenoxy) is 4. The Hall–Kier alpha value is -0.380. The van der Waals surface area contributed by atoms with Gasteiger partial charge in [0, 0.05) is 39.5 Å². The van der Waals surface area contributed by atoms with Crippen LogP contribution in [0.5, 0.6) is 0 Å². The summed E-state index contributed by atoms with van der Waals surface area (Å²) in [5, 5.41) is 0. The molecule has 0 spiro atoms. The van der Waals surface area contributed by atoms with Crippen molar-refractivity contribution in [3.8, 4) is 0 Å². The first-order valence-corrected chi connectivity index (χ1v) is 23.2. The van der Waals surface area contributed by atoms with E-state index >= 15 is 0 Å². The second-order valence-corrected chi connectivity index (χ2v) is 17.1. The summed E-state index contributed by atoms with van der Waals surface area (Å²) in [4.78, 5) is 2.05. The minimum Gasteiger partial charge on any atom is -0.379 e. The van der Waals surface area contributed by atoms with Gasteiger partial charge in [-0.3, -0.25) is 9.11 Å². The average molecular weight is 760 g/mol. The smallest absolute Gasteiger partial charge is 0.264 e. The van der Waals surface area contributed by atoms with Crippen LogP contribution in [0.25, 0.3) is 0 Å². The van der Waals surface area contributed by atoms with E-state index in [1.807, 2.05) is 7.05 Å². The second-order valence-electron chi connectivity index (χ2n) is 14.0. The van der Waals surface area contributed by atoms with Gasteiger partial charge >= 0.3 is 0 Å². The van der Waals surface area contributed by atoms with Gasteiger partial charge < -0.3 is 23.8 Å². The van der Waals surface area contributed by atoms with Gasteiger partial charge in [-0.1, -0.05) is 129 Å². The largest absolute Gasteiger partial charge is 0.379 e. The van der Waals surface area contributed by atoms with Crippen LogP contribution in [-0.2, 0) is 39.2 Å². The molecule has 0 aliphatic rings. The van der Waals surface area contributed by atoms with Crippen molar-refractivity contribution in [2.24, 2.45) is 0 Å². The van der Waals surface area contributed by atoms with E-state index in [2.05, 4.69) is 18.7 Å². The van der Waals surface area contributed by atoms with Gasteiger partial charge in [0.15, 0.2) is 0 Å². The molecule has 0 aromatic heterocycles. The Kier molecular flexibility index (Phi) is 34.1. The lowest BCUT2D eigenvalue weighted by Gasteiger charge is -2.28. The molecule has 302 valence electrons. The van der Waals surface area contributed by atoms with Gasteiger partial charge in [-0.25, -0.2) is 0 Å². The quantitative estimate of drug-likeness (QED) is 0.0461. The molecule has 2 unspecified atom stereocenters. The van der Waals surface area contributed by atoms with E-state index in [0.717, 1.165) is 25.7 Å². The topological polar surface area (TPSA) is 149 Å². The van der Waals surface area contributed by atoms with Crippen LogP contribution in [0.3, 0.4) is 0 Å². The van der Waals surface area contributed by atoms with E-state index < -0.39 is 20.2 Å².